The van der Waals surface area contributed by atoms with Gasteiger partial charge in [-0.2, -0.15) is 9.97 Å². The van der Waals surface area contributed by atoms with Gasteiger partial charge in [-0.1, -0.05) is 26.7 Å². The van der Waals surface area contributed by atoms with Crippen LogP contribution in [0.3, 0.4) is 0 Å². The van der Waals surface area contributed by atoms with Crippen LogP contribution in [0.15, 0.2) is 0 Å². The van der Waals surface area contributed by atoms with Crippen molar-refractivity contribution in [3.8, 4) is 6.01 Å². The third-order valence-corrected chi connectivity index (χ3v) is 5.81. The van der Waals surface area contributed by atoms with Crippen molar-refractivity contribution in [1.82, 2.24) is 14.9 Å². The topological polar surface area (TPSA) is 79.5 Å². The van der Waals surface area contributed by atoms with Crippen molar-refractivity contribution < 1.29 is 4.74 Å². The lowest BCUT2D eigenvalue weighted by molar-refractivity contribution is 0.167. The van der Waals surface area contributed by atoms with Crippen LogP contribution in [0.1, 0.15) is 65.2 Å². The first kappa shape index (κ1) is 21.0. The fourth-order valence-electron chi connectivity index (χ4n) is 4.29. The highest BCUT2D eigenvalue weighted by atomic mass is 16.5. The second kappa shape index (κ2) is 10.7. The lowest BCUT2D eigenvalue weighted by atomic mass is 9.92. The van der Waals surface area contributed by atoms with E-state index in [1.165, 1.54) is 58.2 Å². The molecule has 1 aromatic heterocycles. The molecule has 2 aliphatic heterocycles. The third-order valence-electron chi connectivity index (χ3n) is 5.81. The van der Waals surface area contributed by atoms with Gasteiger partial charge in [-0.15, -0.1) is 0 Å². The molecule has 3 rings (SSSR count). The number of nitrogens with one attached hydrogen (secondary N) is 1. The van der Waals surface area contributed by atoms with Crippen LogP contribution in [0.2, 0.25) is 0 Å². The minimum absolute atomic E-state index is 0.400. The van der Waals surface area contributed by atoms with E-state index in [1.807, 2.05) is 0 Å². The fourth-order valence-corrected chi connectivity index (χ4v) is 4.29. The molecular formula is C21H38N6O. The van der Waals surface area contributed by atoms with Gasteiger partial charge in [0.05, 0.1) is 13.3 Å². The molecule has 2 aliphatic rings. The van der Waals surface area contributed by atoms with Crippen molar-refractivity contribution >= 4 is 17.3 Å². The maximum absolute atomic E-state index is 6.10. The molecule has 7 nitrogen and oxygen atoms in total. The largest absolute Gasteiger partial charge is 0.463 e. The number of hydrogen-bond donors (Lipinski definition) is 2. The van der Waals surface area contributed by atoms with Gasteiger partial charge in [-0.25, -0.2) is 0 Å². The van der Waals surface area contributed by atoms with Crippen LogP contribution in [0.25, 0.3) is 0 Å². The summed E-state index contributed by atoms with van der Waals surface area (Å²) < 4.78 is 5.67. The molecule has 1 aromatic rings. The number of anilines is 3. The van der Waals surface area contributed by atoms with Crippen molar-refractivity contribution in [2.45, 2.75) is 65.2 Å². The van der Waals surface area contributed by atoms with E-state index in [0.717, 1.165) is 43.5 Å². The average molecular weight is 391 g/mol. The highest BCUT2D eigenvalue weighted by Gasteiger charge is 2.25. The number of hydrogen-bond acceptors (Lipinski definition) is 7. The molecule has 0 aliphatic carbocycles. The Kier molecular flexibility index (Phi) is 8.01. The Morgan fingerprint density at radius 2 is 2.04 bits per heavy atom. The number of nitrogens with zero attached hydrogens (tertiary/aromatic N) is 4. The van der Waals surface area contributed by atoms with Crippen molar-refractivity contribution in [1.29, 1.82) is 0 Å². The number of rotatable bonds is 11. The zero-order valence-corrected chi connectivity index (χ0v) is 17.8. The van der Waals surface area contributed by atoms with E-state index in [9.17, 15) is 0 Å². The Bertz CT molecular complexity index is 609. The predicted octanol–water partition coefficient (Wildman–Crippen LogP) is 3.72. The molecule has 0 aromatic carbocycles. The number of aromatic nitrogens is 2. The van der Waals surface area contributed by atoms with Crippen molar-refractivity contribution in [2.24, 2.45) is 5.92 Å². The number of unbranched alkanes of at least 4 members (excludes halogenated alkanes) is 2. The smallest absolute Gasteiger partial charge is 0.320 e. The summed E-state index contributed by atoms with van der Waals surface area (Å²) in [6.07, 6.45) is 9.92. The van der Waals surface area contributed by atoms with Crippen LogP contribution >= 0.6 is 0 Å². The summed E-state index contributed by atoms with van der Waals surface area (Å²) >= 11 is 0. The molecule has 7 heteroatoms. The van der Waals surface area contributed by atoms with Crippen LogP contribution in [0.5, 0.6) is 6.01 Å². The van der Waals surface area contributed by atoms with Crippen molar-refractivity contribution in [3.63, 3.8) is 0 Å². The minimum Gasteiger partial charge on any atom is -0.463 e. The van der Waals surface area contributed by atoms with Gasteiger partial charge in [0.15, 0.2) is 11.6 Å². The van der Waals surface area contributed by atoms with Gasteiger partial charge in [-0.05, 0) is 57.5 Å². The van der Waals surface area contributed by atoms with Crippen LogP contribution in [-0.4, -0.2) is 54.3 Å². The standard InChI is InChI=1S/C21H38N6O/c1-3-5-14-28-21-24-19(22)18-20(25-21)27(16-23-18)13-7-6-9-17-10-8-12-26(15-17)11-4-2/h17,23H,3-16H2,1-2H3,(H2,22,24,25). The Morgan fingerprint density at radius 1 is 1.14 bits per heavy atom. The molecule has 1 fully saturated rings. The molecule has 3 N–H and O–H groups in total. The summed E-state index contributed by atoms with van der Waals surface area (Å²) in [5.74, 6) is 2.25. The number of fused-ring (bicyclic) bond motifs is 1. The first-order valence-electron chi connectivity index (χ1n) is 11.2. The van der Waals surface area contributed by atoms with E-state index >= 15 is 0 Å². The molecule has 1 saturated heterocycles. The molecular weight excluding hydrogens is 352 g/mol. The average Bonchev–Trinajstić information content (AvgIpc) is 3.10. The second-order valence-corrected chi connectivity index (χ2v) is 8.20. The molecule has 1 atom stereocenters. The number of nitrogen functional groups attached to an aromatic ring is 1. The molecule has 0 amide bonds. The first-order valence-corrected chi connectivity index (χ1v) is 11.2. The van der Waals surface area contributed by atoms with E-state index in [2.05, 4.69) is 38.9 Å². The van der Waals surface area contributed by atoms with E-state index in [0.29, 0.717) is 18.4 Å². The van der Waals surface area contributed by atoms with E-state index < -0.39 is 0 Å². The van der Waals surface area contributed by atoms with Gasteiger partial charge >= 0.3 is 6.01 Å². The molecule has 0 bridgehead atoms. The fraction of sp³-hybridized carbons (Fsp3) is 0.810. The van der Waals surface area contributed by atoms with Crippen molar-refractivity contribution in [3.05, 3.63) is 0 Å². The molecule has 0 saturated carbocycles. The summed E-state index contributed by atoms with van der Waals surface area (Å²) in [4.78, 5) is 13.8. The Morgan fingerprint density at radius 3 is 2.86 bits per heavy atom. The quantitative estimate of drug-likeness (QED) is 0.557. The van der Waals surface area contributed by atoms with Gasteiger partial charge in [0.25, 0.3) is 0 Å². The summed E-state index contributed by atoms with van der Waals surface area (Å²) in [6.45, 7) is 10.7. The normalized spacial score (nSPS) is 19.5. The van der Waals surface area contributed by atoms with Crippen LogP contribution in [-0.2, 0) is 0 Å². The van der Waals surface area contributed by atoms with Gasteiger partial charge in [0.2, 0.25) is 0 Å². The molecule has 0 spiro atoms. The van der Waals surface area contributed by atoms with Gasteiger partial charge < -0.3 is 25.6 Å². The van der Waals surface area contributed by atoms with Gasteiger partial charge in [-0.3, -0.25) is 0 Å². The zero-order chi connectivity index (χ0) is 19.8. The first-order chi connectivity index (χ1) is 13.7. The van der Waals surface area contributed by atoms with Crippen molar-refractivity contribution in [2.75, 3.05) is 55.4 Å². The minimum atomic E-state index is 0.400. The predicted molar refractivity (Wildman–Crippen MR) is 116 cm³/mol. The monoisotopic (exact) mass is 390 g/mol. The molecule has 158 valence electrons. The van der Waals surface area contributed by atoms with Gasteiger partial charge in [0, 0.05) is 13.1 Å². The summed E-state index contributed by atoms with van der Waals surface area (Å²) in [5, 5.41) is 3.34. The number of likely N-dealkylation sites (tertiary alicyclic amines) is 1. The zero-order valence-electron chi connectivity index (χ0n) is 17.8. The number of piperidine rings is 1. The van der Waals surface area contributed by atoms with Crippen LogP contribution < -0.4 is 20.7 Å². The maximum Gasteiger partial charge on any atom is 0.320 e. The summed E-state index contributed by atoms with van der Waals surface area (Å²) in [7, 11) is 0. The maximum atomic E-state index is 6.10. The van der Waals surface area contributed by atoms with E-state index in [-0.39, 0.29) is 0 Å². The number of ether oxygens (including phenoxy) is 1. The third kappa shape index (κ3) is 5.63. The number of nitrogens with two attached hydrogens (primary N) is 1. The Balaban J connectivity index is 1.45. The molecule has 0 radical (unpaired) electrons. The Labute approximate surface area is 170 Å². The summed E-state index contributed by atoms with van der Waals surface area (Å²) in [6, 6.07) is 0.400. The lowest BCUT2D eigenvalue weighted by Gasteiger charge is -2.32. The Hall–Kier alpha value is -1.76. The van der Waals surface area contributed by atoms with Crippen LogP contribution in [0, 0.1) is 5.92 Å². The van der Waals surface area contributed by atoms with E-state index in [4.69, 9.17) is 10.5 Å². The molecule has 3 heterocycles. The lowest BCUT2D eigenvalue weighted by Crippen LogP contribution is -2.35. The second-order valence-electron chi connectivity index (χ2n) is 8.20. The molecule has 28 heavy (non-hydrogen) atoms. The molecule has 1 unspecified atom stereocenters. The highest BCUT2D eigenvalue weighted by molar-refractivity contribution is 5.80. The van der Waals surface area contributed by atoms with E-state index in [1.54, 1.807) is 0 Å². The highest BCUT2D eigenvalue weighted by Crippen LogP contribution is 2.35. The summed E-state index contributed by atoms with van der Waals surface area (Å²) in [5.41, 5.74) is 6.96. The van der Waals surface area contributed by atoms with Gasteiger partial charge in [0.1, 0.15) is 5.69 Å². The SMILES string of the molecule is CCCCOc1nc(N)c2c(n1)N(CCCCC1CCCN(CCC)C1)CN2. The van der Waals surface area contributed by atoms with Crippen LogP contribution in [0.4, 0.5) is 17.3 Å².